The molecule has 6 amide bonds. The van der Waals surface area contributed by atoms with Crippen molar-refractivity contribution in [3.8, 4) is 0 Å². The molecule has 6 aliphatic rings. The number of ether oxygens (including phenoxy) is 2. The van der Waals surface area contributed by atoms with Gasteiger partial charge >= 0.3 is 6.18 Å². The van der Waals surface area contributed by atoms with Crippen LogP contribution in [0.4, 0.5) is 19.0 Å². The number of carbonyl (C=O) groups excluding carboxylic acids is 6. The molecule has 0 unspecified atom stereocenters. The first-order chi connectivity index (χ1) is 39.6. The Morgan fingerprint density at radius 2 is 1.46 bits per heavy atom. The number of amides is 6. The molecule has 4 saturated carbocycles. The summed E-state index contributed by atoms with van der Waals surface area (Å²) >= 11 is 0. The molecule has 0 bridgehead atoms. The van der Waals surface area contributed by atoms with E-state index in [1.54, 1.807) is 30.4 Å². The first kappa shape index (κ1) is 61.6. The Kier molecular flexibility index (Phi) is 20.3. The SMILES string of the molecule is CC(=O)N[C@@H]1C[C@H](NC(C)(C)C)CC[C@@H]1N1CC[C@H](Nc2nc(C3CCC(NC(=O)C4CCC(NC(=O)CCCOC5CCC(OCCNC(=O)[C@H]6CC(=O)N(C)[C@@H]6c6cccnc6)CC5)CC4)CC3)nc3ccc(C(F)(F)F)cc23)C1=O. The number of anilines is 1. The lowest BCUT2D eigenvalue weighted by Crippen LogP contribution is -2.59. The fraction of sp³-hybridized carbons (Fsp3) is 0.689. The standard InChI is InChI=1S/C61H86F3N11O8/c1-36(76)67-50-33-43(73-60(2,3)4)19-25-51(50)75-29-26-49(59(75)81)71-56-46-32-40(61(62,63)64)14-24-48(46)70-55(72-56)37-10-15-42(16-11-37)69-57(79)38-12-17-41(18-13-38)68-52(77)9-7-30-82-44-20-22-45(23-21-44)83-31-28-66-58(80)47-34-53(78)74(5)54(47)39-8-6-27-65-35-39/h6,8,14,24,27,32,35,37-38,41-45,47,49-51,54,73H,7,9-13,15-23,25-26,28-31,33-34H2,1-5H3,(H,66,80)(H,67,76)(H,68,77)(H,69,79)(H,70,71,72)/t37?,38?,41?,42?,43-,44?,45?,47+,49+,50-,51+,54-/m1/s1. The van der Waals surface area contributed by atoms with Crippen molar-refractivity contribution < 1.29 is 51.4 Å². The third kappa shape index (κ3) is 16.3. The van der Waals surface area contributed by atoms with Crippen LogP contribution >= 0.6 is 0 Å². The summed E-state index contributed by atoms with van der Waals surface area (Å²) in [6, 6.07) is 5.69. The molecule has 454 valence electrons. The second-order valence-electron chi connectivity index (χ2n) is 25.2. The predicted molar refractivity (Wildman–Crippen MR) is 305 cm³/mol. The monoisotopic (exact) mass is 1160 g/mol. The summed E-state index contributed by atoms with van der Waals surface area (Å²) in [7, 11) is 1.72. The molecule has 0 radical (unpaired) electrons. The number of carbonyl (C=O) groups is 6. The van der Waals surface area contributed by atoms with Crippen molar-refractivity contribution in [1.82, 2.24) is 51.3 Å². The lowest BCUT2D eigenvalue weighted by Gasteiger charge is -2.43. The number of rotatable bonds is 20. The Hall–Kier alpha value is -6.00. The van der Waals surface area contributed by atoms with E-state index in [1.807, 2.05) is 11.0 Å². The number of hydrogen-bond acceptors (Lipinski definition) is 13. The zero-order chi connectivity index (χ0) is 59.0. The van der Waals surface area contributed by atoms with Crippen LogP contribution in [0, 0.1) is 11.8 Å². The van der Waals surface area contributed by atoms with Gasteiger partial charge in [-0.15, -0.1) is 0 Å². The van der Waals surface area contributed by atoms with Gasteiger partial charge in [-0.3, -0.25) is 33.8 Å². The third-order valence-electron chi connectivity index (χ3n) is 18.0. The fourth-order valence-corrected chi connectivity index (χ4v) is 13.7. The minimum absolute atomic E-state index is 0.0134. The number of halogens is 3. The van der Waals surface area contributed by atoms with Crippen LogP contribution in [-0.2, 0) is 44.4 Å². The topological polar surface area (TPSA) is 238 Å². The molecule has 19 nitrogen and oxygen atoms in total. The summed E-state index contributed by atoms with van der Waals surface area (Å²) in [4.78, 5) is 95.9. The number of benzene rings is 1. The number of nitrogens with one attached hydrogen (secondary N) is 6. The highest BCUT2D eigenvalue weighted by Crippen LogP contribution is 2.39. The number of pyridine rings is 1. The maximum absolute atomic E-state index is 14.2. The molecular weight excluding hydrogens is 1070 g/mol. The van der Waals surface area contributed by atoms with E-state index in [0.717, 1.165) is 62.6 Å². The van der Waals surface area contributed by atoms with Crippen molar-refractivity contribution in [1.29, 1.82) is 0 Å². The largest absolute Gasteiger partial charge is 0.416 e. The molecule has 4 heterocycles. The van der Waals surface area contributed by atoms with Gasteiger partial charge < -0.3 is 51.2 Å². The molecular formula is C61H86F3N11O8. The third-order valence-corrected chi connectivity index (χ3v) is 18.0. The molecule has 6 fully saturated rings. The van der Waals surface area contributed by atoms with Crippen molar-refractivity contribution in [2.45, 2.75) is 222 Å². The molecule has 0 spiro atoms. The number of hydrogen-bond donors (Lipinski definition) is 6. The zero-order valence-corrected chi connectivity index (χ0v) is 48.9. The maximum atomic E-state index is 14.2. The molecule has 9 rings (SSSR count). The minimum Gasteiger partial charge on any atom is -0.378 e. The van der Waals surface area contributed by atoms with Crippen LogP contribution < -0.4 is 31.9 Å². The van der Waals surface area contributed by atoms with Crippen LogP contribution in [0.3, 0.4) is 0 Å². The van der Waals surface area contributed by atoms with Crippen molar-refractivity contribution in [3.05, 3.63) is 59.7 Å². The number of fused-ring (bicyclic) bond motifs is 1. The summed E-state index contributed by atoms with van der Waals surface area (Å²) in [5.41, 5.74) is 0.228. The molecule has 3 aromatic rings. The zero-order valence-electron chi connectivity index (χ0n) is 48.9. The molecule has 2 aliphatic heterocycles. The summed E-state index contributed by atoms with van der Waals surface area (Å²) in [6.07, 6.45) is 11.6. The Bertz CT molecular complexity index is 2740. The van der Waals surface area contributed by atoms with Gasteiger partial charge in [-0.1, -0.05) is 6.07 Å². The highest BCUT2D eigenvalue weighted by Gasteiger charge is 2.45. The number of nitrogens with zero attached hydrogens (tertiary/aromatic N) is 5. The van der Waals surface area contributed by atoms with Crippen LogP contribution in [-0.4, -0.2) is 148 Å². The summed E-state index contributed by atoms with van der Waals surface area (Å²) < 4.78 is 54.5. The van der Waals surface area contributed by atoms with Gasteiger partial charge in [-0.05, 0) is 160 Å². The van der Waals surface area contributed by atoms with Gasteiger partial charge in [0.05, 0.1) is 53.9 Å². The van der Waals surface area contributed by atoms with Gasteiger partial charge in [-0.25, -0.2) is 9.97 Å². The lowest BCUT2D eigenvalue weighted by atomic mass is 9.83. The molecule has 4 aliphatic carbocycles. The lowest BCUT2D eigenvalue weighted by molar-refractivity contribution is -0.137. The van der Waals surface area contributed by atoms with Crippen molar-refractivity contribution in [2.75, 3.05) is 38.7 Å². The highest BCUT2D eigenvalue weighted by molar-refractivity contribution is 5.94. The maximum Gasteiger partial charge on any atom is 0.416 e. The van der Waals surface area contributed by atoms with E-state index < -0.39 is 23.7 Å². The molecule has 22 heteroatoms. The van der Waals surface area contributed by atoms with E-state index >= 15 is 0 Å². The fourth-order valence-electron chi connectivity index (χ4n) is 13.7. The number of aromatic nitrogens is 3. The van der Waals surface area contributed by atoms with E-state index in [0.29, 0.717) is 108 Å². The molecule has 1 aromatic carbocycles. The summed E-state index contributed by atoms with van der Waals surface area (Å²) in [5, 5.41) is 19.6. The van der Waals surface area contributed by atoms with Gasteiger partial charge in [0, 0.05) is 99.8 Å². The molecule has 6 N–H and O–H groups in total. The average Bonchev–Trinajstić information content (AvgIpc) is 4.15. The van der Waals surface area contributed by atoms with Gasteiger partial charge in [0.1, 0.15) is 17.7 Å². The van der Waals surface area contributed by atoms with Crippen LogP contribution in [0.15, 0.2) is 42.7 Å². The van der Waals surface area contributed by atoms with Crippen LogP contribution in [0.1, 0.15) is 179 Å². The second kappa shape index (κ2) is 27.4. The normalized spacial score (nSPS) is 28.9. The molecule has 6 atom stereocenters. The Balaban J connectivity index is 0.665. The Morgan fingerprint density at radius 1 is 0.771 bits per heavy atom. The first-order valence-electron chi connectivity index (χ1n) is 30.4. The van der Waals surface area contributed by atoms with Gasteiger partial charge in [0.25, 0.3) is 0 Å². The van der Waals surface area contributed by atoms with E-state index in [-0.39, 0.29) is 119 Å². The highest BCUT2D eigenvalue weighted by atomic mass is 19.4. The summed E-state index contributed by atoms with van der Waals surface area (Å²) in [5.74, 6) is -0.644. The van der Waals surface area contributed by atoms with Crippen molar-refractivity contribution >= 4 is 52.2 Å². The Labute approximate surface area is 485 Å². The van der Waals surface area contributed by atoms with Crippen LogP contribution in [0.25, 0.3) is 10.9 Å². The summed E-state index contributed by atoms with van der Waals surface area (Å²) in [6.45, 7) is 9.44. The quantitative estimate of drug-likeness (QED) is 0.0618. The first-order valence-corrected chi connectivity index (χ1v) is 30.4. The molecule has 2 aromatic heterocycles. The molecule has 2 saturated heterocycles. The van der Waals surface area contributed by atoms with Gasteiger partial charge in [0.15, 0.2) is 0 Å². The second-order valence-corrected chi connectivity index (χ2v) is 25.2. The van der Waals surface area contributed by atoms with E-state index in [9.17, 15) is 41.9 Å². The van der Waals surface area contributed by atoms with E-state index in [1.165, 1.54) is 13.0 Å². The smallest absolute Gasteiger partial charge is 0.378 e. The number of alkyl halides is 3. The number of likely N-dealkylation sites (tertiary alicyclic amines) is 2. The van der Waals surface area contributed by atoms with Crippen LogP contribution in [0.5, 0.6) is 0 Å². The molecule has 83 heavy (non-hydrogen) atoms. The average molecular weight is 1160 g/mol. The van der Waals surface area contributed by atoms with Crippen molar-refractivity contribution in [2.24, 2.45) is 11.8 Å². The predicted octanol–water partition coefficient (Wildman–Crippen LogP) is 7.15. The van der Waals surface area contributed by atoms with Gasteiger partial charge in [-0.2, -0.15) is 13.2 Å². The van der Waals surface area contributed by atoms with Crippen LogP contribution in [0.2, 0.25) is 0 Å². The Morgan fingerprint density at radius 3 is 2.13 bits per heavy atom. The van der Waals surface area contributed by atoms with E-state index in [4.69, 9.17) is 19.4 Å². The van der Waals surface area contributed by atoms with Crippen molar-refractivity contribution in [3.63, 3.8) is 0 Å². The van der Waals surface area contributed by atoms with Gasteiger partial charge in [0.2, 0.25) is 35.4 Å². The van der Waals surface area contributed by atoms with E-state index in [2.05, 4.69) is 57.7 Å². The minimum atomic E-state index is -4.60.